The Bertz CT molecular complexity index is 314. The number of unbranched alkanes of at least 4 members (excludes halogenated alkanes) is 1. The van der Waals surface area contributed by atoms with Crippen LogP contribution in [0, 0.1) is 0 Å². The summed E-state index contributed by atoms with van der Waals surface area (Å²) in [6.07, 6.45) is 3.94. The molecule has 1 saturated heterocycles. The van der Waals surface area contributed by atoms with Gasteiger partial charge in [0.25, 0.3) is 0 Å². The van der Waals surface area contributed by atoms with E-state index in [-0.39, 0.29) is 0 Å². The van der Waals surface area contributed by atoms with E-state index in [1.165, 1.54) is 12.8 Å². The number of sulfone groups is 1. The fraction of sp³-hybridized carbons (Fsp3) is 1.00. The summed E-state index contributed by atoms with van der Waals surface area (Å²) in [5.74, 6) is 0.724. The van der Waals surface area contributed by atoms with Gasteiger partial charge in [-0.05, 0) is 59.7 Å². The molecule has 0 aromatic heterocycles. The van der Waals surface area contributed by atoms with Gasteiger partial charge in [0, 0.05) is 12.1 Å². The molecule has 4 nitrogen and oxygen atoms in total. The quantitative estimate of drug-likeness (QED) is 0.712. The molecule has 1 fully saturated rings. The Balaban J connectivity index is 2.02. The average Bonchev–Trinajstić information content (AvgIpc) is 2.30. The fourth-order valence-corrected chi connectivity index (χ4v) is 3.64. The lowest BCUT2D eigenvalue weighted by Gasteiger charge is -2.24. The van der Waals surface area contributed by atoms with Gasteiger partial charge in [0.05, 0.1) is 11.5 Å². The first-order chi connectivity index (χ1) is 8.41. The second-order valence-corrected chi connectivity index (χ2v) is 7.97. The molecule has 0 saturated carbocycles. The molecule has 0 aliphatic carbocycles. The minimum absolute atomic E-state index is 0.362. The van der Waals surface area contributed by atoms with Gasteiger partial charge in [0.1, 0.15) is 9.84 Å². The molecule has 0 unspecified atom stereocenters. The molecule has 5 heteroatoms. The summed E-state index contributed by atoms with van der Waals surface area (Å²) in [5.41, 5.74) is 0. The number of rotatable bonds is 7. The molecule has 0 radical (unpaired) electrons. The first-order valence-electron chi connectivity index (χ1n) is 7.05. The Morgan fingerprint density at radius 3 is 2.39 bits per heavy atom. The highest BCUT2D eigenvalue weighted by Crippen LogP contribution is 2.12. The molecular weight excluding hydrogens is 248 g/mol. The van der Waals surface area contributed by atoms with Crippen molar-refractivity contribution in [2.24, 2.45) is 0 Å². The third-order valence-electron chi connectivity index (χ3n) is 3.81. The smallest absolute Gasteiger partial charge is 0.150 e. The van der Waals surface area contributed by atoms with Gasteiger partial charge < -0.3 is 10.2 Å². The van der Waals surface area contributed by atoms with Gasteiger partial charge in [-0.1, -0.05) is 0 Å². The van der Waals surface area contributed by atoms with E-state index in [0.717, 1.165) is 25.9 Å². The minimum atomic E-state index is -2.72. The number of hydrogen-bond donors (Lipinski definition) is 1. The van der Waals surface area contributed by atoms with Gasteiger partial charge in [-0.2, -0.15) is 0 Å². The van der Waals surface area contributed by atoms with Crippen LogP contribution in [0.1, 0.15) is 39.5 Å². The van der Waals surface area contributed by atoms with E-state index in [2.05, 4.69) is 31.1 Å². The van der Waals surface area contributed by atoms with E-state index in [1.54, 1.807) is 0 Å². The molecular formula is C13H28N2O2S. The maximum atomic E-state index is 11.3. The SMILES string of the molecule is CC(C)N(C)CCCCNC1CCS(=O)(=O)CC1. The Morgan fingerprint density at radius 2 is 1.83 bits per heavy atom. The van der Waals surface area contributed by atoms with Crippen molar-refractivity contribution in [1.82, 2.24) is 10.2 Å². The van der Waals surface area contributed by atoms with Crippen molar-refractivity contribution in [3.63, 3.8) is 0 Å². The van der Waals surface area contributed by atoms with Crippen molar-refractivity contribution < 1.29 is 8.42 Å². The van der Waals surface area contributed by atoms with Crippen LogP contribution in [-0.2, 0) is 9.84 Å². The van der Waals surface area contributed by atoms with Crippen LogP contribution < -0.4 is 5.32 Å². The predicted octanol–water partition coefficient (Wildman–Crippen LogP) is 1.27. The summed E-state index contributed by atoms with van der Waals surface area (Å²) in [6.45, 7) is 6.57. The molecule has 1 rings (SSSR count). The van der Waals surface area contributed by atoms with Gasteiger partial charge in [0.15, 0.2) is 0 Å². The van der Waals surface area contributed by atoms with Gasteiger partial charge >= 0.3 is 0 Å². The normalized spacial score (nSPS) is 20.7. The lowest BCUT2D eigenvalue weighted by molar-refractivity contribution is 0.267. The Labute approximate surface area is 112 Å². The standard InChI is InChI=1S/C13H28N2O2S/c1-12(2)15(3)9-5-4-8-14-13-6-10-18(16,17)11-7-13/h12-14H,4-11H2,1-3H3. The van der Waals surface area contributed by atoms with Gasteiger partial charge in [0.2, 0.25) is 0 Å². The van der Waals surface area contributed by atoms with Crippen LogP contribution in [0.4, 0.5) is 0 Å². The van der Waals surface area contributed by atoms with E-state index in [9.17, 15) is 8.42 Å². The van der Waals surface area contributed by atoms with E-state index in [1.807, 2.05) is 0 Å². The second-order valence-electron chi connectivity index (χ2n) is 5.66. The molecule has 0 aromatic carbocycles. The number of nitrogens with one attached hydrogen (secondary N) is 1. The number of hydrogen-bond acceptors (Lipinski definition) is 4. The van der Waals surface area contributed by atoms with Crippen LogP contribution in [0.15, 0.2) is 0 Å². The summed E-state index contributed by atoms with van der Waals surface area (Å²) >= 11 is 0. The zero-order chi connectivity index (χ0) is 13.6. The van der Waals surface area contributed by atoms with Crippen LogP contribution in [-0.4, -0.2) is 57.0 Å². The Hall–Kier alpha value is -0.130. The minimum Gasteiger partial charge on any atom is -0.314 e. The summed E-state index contributed by atoms with van der Waals surface area (Å²) in [4.78, 5) is 2.35. The van der Waals surface area contributed by atoms with E-state index in [0.29, 0.717) is 23.6 Å². The van der Waals surface area contributed by atoms with Gasteiger partial charge in [-0.3, -0.25) is 0 Å². The Kier molecular flexibility index (Phi) is 6.60. The van der Waals surface area contributed by atoms with Crippen LogP contribution in [0.2, 0.25) is 0 Å². The molecule has 1 aliphatic heterocycles. The maximum absolute atomic E-state index is 11.3. The molecule has 0 atom stereocenters. The highest BCUT2D eigenvalue weighted by atomic mass is 32.2. The molecule has 0 aromatic rings. The van der Waals surface area contributed by atoms with Crippen LogP contribution in [0.5, 0.6) is 0 Å². The van der Waals surface area contributed by atoms with Crippen LogP contribution in [0.25, 0.3) is 0 Å². The van der Waals surface area contributed by atoms with Crippen LogP contribution in [0.3, 0.4) is 0 Å². The largest absolute Gasteiger partial charge is 0.314 e. The molecule has 18 heavy (non-hydrogen) atoms. The molecule has 1 heterocycles. The lowest BCUT2D eigenvalue weighted by Crippen LogP contribution is -2.38. The van der Waals surface area contributed by atoms with E-state index in [4.69, 9.17) is 0 Å². The van der Waals surface area contributed by atoms with Crippen molar-refractivity contribution in [1.29, 1.82) is 0 Å². The number of nitrogens with zero attached hydrogens (tertiary/aromatic N) is 1. The van der Waals surface area contributed by atoms with E-state index < -0.39 is 9.84 Å². The van der Waals surface area contributed by atoms with Crippen molar-refractivity contribution in [3.8, 4) is 0 Å². The molecule has 1 N–H and O–H groups in total. The zero-order valence-electron chi connectivity index (χ0n) is 12.0. The van der Waals surface area contributed by atoms with Crippen molar-refractivity contribution >= 4 is 9.84 Å². The van der Waals surface area contributed by atoms with E-state index >= 15 is 0 Å². The zero-order valence-corrected chi connectivity index (χ0v) is 12.8. The van der Waals surface area contributed by atoms with Gasteiger partial charge in [-0.15, -0.1) is 0 Å². The molecule has 1 aliphatic rings. The second kappa shape index (κ2) is 7.46. The summed E-state index contributed by atoms with van der Waals surface area (Å²) < 4.78 is 22.6. The molecule has 0 bridgehead atoms. The highest BCUT2D eigenvalue weighted by Gasteiger charge is 2.22. The fourth-order valence-electron chi connectivity index (χ4n) is 2.14. The predicted molar refractivity (Wildman–Crippen MR) is 76.7 cm³/mol. The molecule has 0 spiro atoms. The maximum Gasteiger partial charge on any atom is 0.150 e. The van der Waals surface area contributed by atoms with Crippen LogP contribution >= 0.6 is 0 Å². The highest BCUT2D eigenvalue weighted by molar-refractivity contribution is 7.91. The van der Waals surface area contributed by atoms with Crippen molar-refractivity contribution in [3.05, 3.63) is 0 Å². The topological polar surface area (TPSA) is 49.4 Å². The lowest BCUT2D eigenvalue weighted by atomic mass is 10.1. The summed E-state index contributed by atoms with van der Waals surface area (Å²) in [6, 6.07) is 1.03. The Morgan fingerprint density at radius 1 is 1.22 bits per heavy atom. The third-order valence-corrected chi connectivity index (χ3v) is 5.52. The summed E-state index contributed by atoms with van der Waals surface area (Å²) in [7, 11) is -0.562. The van der Waals surface area contributed by atoms with Gasteiger partial charge in [-0.25, -0.2) is 8.42 Å². The van der Waals surface area contributed by atoms with Crippen molar-refractivity contribution in [2.45, 2.75) is 51.6 Å². The first kappa shape index (κ1) is 15.9. The van der Waals surface area contributed by atoms with Crippen molar-refractivity contribution in [2.75, 3.05) is 31.6 Å². The molecule has 108 valence electrons. The molecule has 0 amide bonds. The average molecular weight is 276 g/mol. The first-order valence-corrected chi connectivity index (χ1v) is 8.87. The monoisotopic (exact) mass is 276 g/mol. The third kappa shape index (κ3) is 6.16. The summed E-state index contributed by atoms with van der Waals surface area (Å²) in [5, 5.41) is 3.48.